The fraction of sp³-hybridized carbons (Fsp3) is 0. The minimum Gasteiger partial charge on any atom is -0.308 e. The fourth-order valence-electron chi connectivity index (χ4n) is 7.32. The summed E-state index contributed by atoms with van der Waals surface area (Å²) in [4.78, 5) is 11.0. The number of benzene rings is 7. The average molecular weight is 676 g/mol. The summed E-state index contributed by atoms with van der Waals surface area (Å²) in [6, 6.07) is 61.0. The van der Waals surface area contributed by atoms with E-state index in [4.69, 9.17) is 4.98 Å². The Bertz CT molecular complexity index is 2790. The van der Waals surface area contributed by atoms with Crippen molar-refractivity contribution in [3.63, 3.8) is 0 Å². The Balaban J connectivity index is 1.40. The van der Waals surface area contributed by atoms with Crippen LogP contribution >= 0.6 is 22.7 Å². The maximum absolute atomic E-state index is 5.04. The molecule has 0 radical (unpaired) electrons. The molecule has 0 atom stereocenters. The summed E-state index contributed by atoms with van der Waals surface area (Å²) in [7, 11) is 0. The number of aromatic nitrogens is 1. The number of nitrogens with zero attached hydrogens (tertiary/aromatic N) is 3. The molecule has 0 aliphatic carbocycles. The second kappa shape index (κ2) is 11.8. The number of hydrogen-bond acceptors (Lipinski definition) is 5. The molecule has 0 bridgehead atoms. The number of thiophene rings is 2. The maximum atomic E-state index is 5.04. The molecule has 0 N–H and O–H groups in total. The summed E-state index contributed by atoms with van der Waals surface area (Å²) in [5, 5.41) is 7.28. The Morgan fingerprint density at radius 3 is 1.72 bits per heavy atom. The molecule has 0 unspecified atom stereocenters. The number of rotatable bonds is 6. The van der Waals surface area contributed by atoms with Crippen molar-refractivity contribution < 1.29 is 0 Å². The van der Waals surface area contributed by atoms with Crippen molar-refractivity contribution in [1.29, 1.82) is 0 Å². The predicted octanol–water partition coefficient (Wildman–Crippen LogP) is 13.9. The van der Waals surface area contributed by atoms with Crippen LogP contribution in [-0.2, 0) is 0 Å². The molecule has 3 aromatic heterocycles. The first-order valence-electron chi connectivity index (χ1n) is 16.7. The van der Waals surface area contributed by atoms with E-state index in [-0.39, 0.29) is 0 Å². The first kappa shape index (κ1) is 29.0. The topological polar surface area (TPSA) is 19.4 Å². The van der Waals surface area contributed by atoms with E-state index in [0.29, 0.717) is 0 Å². The lowest BCUT2D eigenvalue weighted by molar-refractivity contribution is 1.25. The van der Waals surface area contributed by atoms with Gasteiger partial charge < -0.3 is 9.80 Å². The highest BCUT2D eigenvalue weighted by Gasteiger charge is 2.28. The van der Waals surface area contributed by atoms with Crippen molar-refractivity contribution in [2.24, 2.45) is 0 Å². The standard InChI is InChI=1S/C45H29N3S2/c1-4-16-31(17-5-1)47(32-18-6-2-7-19-32)43-37(27-28-40-42(43)41-34-22-11-10-15-30(34)29-46-45(41)50-40)48(33-20-8-3-9-21-33)38-25-14-24-36-35-23-12-13-26-39(35)49-44(36)38/h1-29H. The number of fused-ring (bicyclic) bond motifs is 8. The molecule has 0 amide bonds. The van der Waals surface area contributed by atoms with E-state index in [2.05, 4.69) is 180 Å². The summed E-state index contributed by atoms with van der Waals surface area (Å²) in [5.41, 5.74) is 6.64. The van der Waals surface area contributed by atoms with Gasteiger partial charge in [-0.3, -0.25) is 0 Å². The summed E-state index contributed by atoms with van der Waals surface area (Å²) in [5.74, 6) is 0. The molecule has 7 aromatic carbocycles. The molecule has 3 heterocycles. The van der Waals surface area contributed by atoms with Crippen LogP contribution in [-0.4, -0.2) is 4.98 Å². The van der Waals surface area contributed by atoms with Crippen LogP contribution in [0.1, 0.15) is 0 Å². The van der Waals surface area contributed by atoms with Gasteiger partial charge in [0, 0.05) is 59.6 Å². The molecule has 0 fully saturated rings. The minimum atomic E-state index is 1.04. The smallest absolute Gasteiger partial charge is 0.125 e. The fourth-order valence-corrected chi connectivity index (χ4v) is 9.59. The molecular formula is C45H29N3S2. The van der Waals surface area contributed by atoms with Gasteiger partial charge in [-0.1, -0.05) is 109 Å². The molecule has 0 saturated carbocycles. The molecule has 10 rings (SSSR count). The molecule has 10 aromatic rings. The normalized spacial score (nSPS) is 11.6. The Hall–Kier alpha value is -6.01. The quantitative estimate of drug-likeness (QED) is 0.175. The second-order valence-corrected chi connectivity index (χ2v) is 14.4. The summed E-state index contributed by atoms with van der Waals surface area (Å²) in [6.07, 6.45) is 2.01. The van der Waals surface area contributed by atoms with Crippen LogP contribution in [0.4, 0.5) is 34.1 Å². The van der Waals surface area contributed by atoms with Gasteiger partial charge in [-0.15, -0.1) is 22.7 Å². The Morgan fingerprint density at radius 2 is 1.00 bits per heavy atom. The molecule has 0 spiro atoms. The van der Waals surface area contributed by atoms with E-state index < -0.39 is 0 Å². The molecular weight excluding hydrogens is 647 g/mol. The number of pyridine rings is 1. The van der Waals surface area contributed by atoms with Crippen LogP contribution in [0.2, 0.25) is 0 Å². The Labute approximate surface area is 297 Å². The Morgan fingerprint density at radius 1 is 0.400 bits per heavy atom. The zero-order valence-corrected chi connectivity index (χ0v) is 28.5. The van der Waals surface area contributed by atoms with E-state index in [1.807, 2.05) is 17.5 Å². The lowest BCUT2D eigenvalue weighted by Gasteiger charge is -2.34. The van der Waals surface area contributed by atoms with Gasteiger partial charge in [-0.05, 0) is 66.0 Å². The Kier molecular flexibility index (Phi) is 6.86. The van der Waals surface area contributed by atoms with E-state index in [0.717, 1.165) is 44.3 Å². The van der Waals surface area contributed by atoms with E-state index in [9.17, 15) is 0 Å². The largest absolute Gasteiger partial charge is 0.308 e. The van der Waals surface area contributed by atoms with Crippen LogP contribution < -0.4 is 9.80 Å². The van der Waals surface area contributed by atoms with Crippen molar-refractivity contribution in [1.82, 2.24) is 4.98 Å². The van der Waals surface area contributed by atoms with Gasteiger partial charge in [-0.25, -0.2) is 4.98 Å². The highest BCUT2D eigenvalue weighted by Crippen LogP contribution is 2.54. The van der Waals surface area contributed by atoms with Crippen molar-refractivity contribution in [3.8, 4) is 0 Å². The molecule has 0 aliphatic heterocycles. The van der Waals surface area contributed by atoms with Gasteiger partial charge in [0.15, 0.2) is 0 Å². The van der Waals surface area contributed by atoms with Crippen LogP contribution in [0.3, 0.4) is 0 Å². The highest BCUT2D eigenvalue weighted by molar-refractivity contribution is 7.26. The highest BCUT2D eigenvalue weighted by atomic mass is 32.1. The van der Waals surface area contributed by atoms with Crippen molar-refractivity contribution in [2.45, 2.75) is 0 Å². The van der Waals surface area contributed by atoms with Crippen LogP contribution in [0.5, 0.6) is 0 Å². The van der Waals surface area contributed by atoms with Crippen molar-refractivity contribution in [2.75, 3.05) is 9.80 Å². The third kappa shape index (κ3) is 4.59. The summed E-state index contributed by atoms with van der Waals surface area (Å²) in [6.45, 7) is 0. The molecule has 0 aliphatic rings. The van der Waals surface area contributed by atoms with Gasteiger partial charge in [0.25, 0.3) is 0 Å². The second-order valence-electron chi connectivity index (χ2n) is 12.4. The van der Waals surface area contributed by atoms with Gasteiger partial charge >= 0.3 is 0 Å². The minimum absolute atomic E-state index is 1.04. The molecule has 3 nitrogen and oxygen atoms in total. The molecule has 5 heteroatoms. The average Bonchev–Trinajstić information content (AvgIpc) is 3.76. The number of para-hydroxylation sites is 3. The third-order valence-corrected chi connectivity index (χ3v) is 11.7. The molecule has 50 heavy (non-hydrogen) atoms. The third-order valence-electron chi connectivity index (χ3n) is 9.47. The zero-order chi connectivity index (χ0) is 33.0. The predicted molar refractivity (Wildman–Crippen MR) is 217 cm³/mol. The van der Waals surface area contributed by atoms with E-state index >= 15 is 0 Å². The first-order chi connectivity index (χ1) is 24.8. The van der Waals surface area contributed by atoms with Crippen LogP contribution in [0, 0.1) is 0 Å². The zero-order valence-electron chi connectivity index (χ0n) is 26.9. The number of hydrogen-bond donors (Lipinski definition) is 0. The van der Waals surface area contributed by atoms with Gasteiger partial charge in [-0.2, -0.15) is 0 Å². The first-order valence-corrected chi connectivity index (χ1v) is 18.4. The monoisotopic (exact) mass is 675 g/mol. The maximum Gasteiger partial charge on any atom is 0.125 e. The lowest BCUT2D eigenvalue weighted by atomic mass is 10.0. The number of anilines is 6. The lowest BCUT2D eigenvalue weighted by Crippen LogP contribution is -2.17. The van der Waals surface area contributed by atoms with Crippen LogP contribution in [0.15, 0.2) is 176 Å². The van der Waals surface area contributed by atoms with E-state index in [1.165, 1.54) is 41.0 Å². The van der Waals surface area contributed by atoms with Crippen molar-refractivity contribution in [3.05, 3.63) is 176 Å². The summed E-state index contributed by atoms with van der Waals surface area (Å²) < 4.78 is 3.75. The molecule has 0 saturated heterocycles. The van der Waals surface area contributed by atoms with Gasteiger partial charge in [0.05, 0.1) is 21.8 Å². The van der Waals surface area contributed by atoms with Crippen molar-refractivity contribution >= 4 is 108 Å². The van der Waals surface area contributed by atoms with Crippen LogP contribution in [0.25, 0.3) is 51.2 Å². The van der Waals surface area contributed by atoms with Gasteiger partial charge in [0.2, 0.25) is 0 Å². The van der Waals surface area contributed by atoms with E-state index in [1.54, 1.807) is 11.3 Å². The molecule has 236 valence electrons. The summed E-state index contributed by atoms with van der Waals surface area (Å²) >= 11 is 3.62. The van der Waals surface area contributed by atoms with Gasteiger partial charge in [0.1, 0.15) is 4.83 Å². The SMILES string of the molecule is c1ccc(N(c2ccc3sc4ncc5ccccc5c4c3c2N(c2ccccc2)c2ccccc2)c2cccc3c2sc2ccccc23)cc1.